The van der Waals surface area contributed by atoms with Crippen molar-refractivity contribution in [3.63, 3.8) is 0 Å². The SMILES string of the molecule is c1ccc(-c2ccc3c(c2)c2ccccc2n3-c2cccc3c2oc2c(-c4ccc5c(c4)oc4ccccc45)ccc(-c4ncc5ncccc5n4)c23)cc1. The van der Waals surface area contributed by atoms with Crippen molar-refractivity contribution in [2.45, 2.75) is 0 Å². The summed E-state index contributed by atoms with van der Waals surface area (Å²) in [6.45, 7) is 0. The van der Waals surface area contributed by atoms with Crippen molar-refractivity contribution in [2.75, 3.05) is 0 Å². The summed E-state index contributed by atoms with van der Waals surface area (Å²) in [5.74, 6) is 0.614. The maximum Gasteiger partial charge on any atom is 0.160 e. The molecule has 7 aromatic carbocycles. The van der Waals surface area contributed by atoms with Gasteiger partial charge in [-0.3, -0.25) is 4.98 Å². The Hall–Kier alpha value is -7.57. The van der Waals surface area contributed by atoms with E-state index in [1.807, 2.05) is 30.3 Å². The summed E-state index contributed by atoms with van der Waals surface area (Å²) in [4.78, 5) is 14.3. The van der Waals surface area contributed by atoms with Crippen LogP contribution in [0.5, 0.6) is 0 Å². The van der Waals surface area contributed by atoms with Crippen LogP contribution in [0.25, 0.3) is 116 Å². The van der Waals surface area contributed by atoms with Crippen molar-refractivity contribution in [1.29, 1.82) is 0 Å². The number of furan rings is 2. The topological polar surface area (TPSA) is 69.9 Å². The summed E-state index contributed by atoms with van der Waals surface area (Å²) < 4.78 is 15.9. The molecule has 0 aliphatic carbocycles. The first-order valence-corrected chi connectivity index (χ1v) is 18.3. The molecule has 0 aliphatic rings. The van der Waals surface area contributed by atoms with Crippen molar-refractivity contribution < 1.29 is 8.83 Å². The quantitative estimate of drug-likeness (QED) is 0.182. The molecule has 0 saturated heterocycles. The lowest BCUT2D eigenvalue weighted by atomic mass is 9.97. The Morgan fingerprint density at radius 2 is 1.22 bits per heavy atom. The fraction of sp³-hybridized carbons (Fsp3) is 0. The highest BCUT2D eigenvalue weighted by molar-refractivity contribution is 6.19. The molecule has 0 amide bonds. The molecule has 6 nitrogen and oxygen atoms in total. The molecule has 12 rings (SSSR count). The van der Waals surface area contributed by atoms with Gasteiger partial charge in [0.15, 0.2) is 11.4 Å². The number of benzene rings is 7. The van der Waals surface area contributed by atoms with Crippen LogP contribution in [0.4, 0.5) is 0 Å². The summed E-state index contributed by atoms with van der Waals surface area (Å²) >= 11 is 0. The van der Waals surface area contributed by atoms with Gasteiger partial charge in [0.1, 0.15) is 22.3 Å². The monoisotopic (exact) mass is 704 g/mol. The zero-order valence-corrected chi connectivity index (χ0v) is 29.3. The number of fused-ring (bicyclic) bond motifs is 10. The number of para-hydroxylation sites is 3. The maximum atomic E-state index is 7.19. The van der Waals surface area contributed by atoms with Gasteiger partial charge in [-0.05, 0) is 83.4 Å². The second-order valence-electron chi connectivity index (χ2n) is 14.0. The Kier molecular flexibility index (Phi) is 6.24. The number of hydrogen-bond acceptors (Lipinski definition) is 5. The summed E-state index contributed by atoms with van der Waals surface area (Å²) in [7, 11) is 0. The van der Waals surface area contributed by atoms with Crippen LogP contribution in [0, 0.1) is 0 Å². The van der Waals surface area contributed by atoms with Gasteiger partial charge in [-0.1, -0.05) is 91.0 Å². The van der Waals surface area contributed by atoms with Crippen molar-refractivity contribution >= 4 is 76.7 Å². The molecule has 256 valence electrons. The van der Waals surface area contributed by atoms with E-state index in [4.69, 9.17) is 18.8 Å². The smallest absolute Gasteiger partial charge is 0.160 e. The Morgan fingerprint density at radius 3 is 2.16 bits per heavy atom. The van der Waals surface area contributed by atoms with E-state index in [9.17, 15) is 0 Å². The van der Waals surface area contributed by atoms with Crippen LogP contribution in [0.3, 0.4) is 0 Å². The number of aromatic nitrogens is 4. The van der Waals surface area contributed by atoms with Gasteiger partial charge in [0.05, 0.1) is 28.4 Å². The second kappa shape index (κ2) is 11.5. The third kappa shape index (κ3) is 4.46. The van der Waals surface area contributed by atoms with Crippen LogP contribution >= 0.6 is 0 Å². The summed E-state index contributed by atoms with van der Waals surface area (Å²) in [5, 5.41) is 6.48. The van der Waals surface area contributed by atoms with Gasteiger partial charge in [0, 0.05) is 49.6 Å². The molecule has 12 aromatic rings. The number of pyridine rings is 1. The average Bonchev–Trinajstić information content (AvgIpc) is 3.93. The van der Waals surface area contributed by atoms with Crippen LogP contribution in [-0.4, -0.2) is 19.5 Å². The van der Waals surface area contributed by atoms with E-state index >= 15 is 0 Å². The van der Waals surface area contributed by atoms with Gasteiger partial charge in [0.25, 0.3) is 0 Å². The van der Waals surface area contributed by atoms with E-state index in [1.165, 1.54) is 21.9 Å². The third-order valence-corrected chi connectivity index (χ3v) is 10.9. The Bertz CT molecular complexity index is 3500. The molecule has 0 atom stereocenters. The lowest BCUT2D eigenvalue weighted by molar-refractivity contribution is 0.667. The van der Waals surface area contributed by atoms with E-state index in [-0.39, 0.29) is 0 Å². The minimum atomic E-state index is 0.614. The highest BCUT2D eigenvalue weighted by atomic mass is 16.3. The predicted octanol–water partition coefficient (Wildman–Crippen LogP) is 12.9. The van der Waals surface area contributed by atoms with Crippen molar-refractivity contribution in [3.8, 4) is 39.3 Å². The molecule has 0 aliphatic heterocycles. The van der Waals surface area contributed by atoms with E-state index < -0.39 is 0 Å². The summed E-state index contributed by atoms with van der Waals surface area (Å²) in [5.41, 5.74) is 13.2. The van der Waals surface area contributed by atoms with E-state index in [0.29, 0.717) is 5.82 Å². The maximum absolute atomic E-state index is 7.19. The molecule has 0 radical (unpaired) electrons. The van der Waals surface area contributed by atoms with Crippen molar-refractivity contribution in [3.05, 3.63) is 170 Å². The predicted molar refractivity (Wildman–Crippen MR) is 223 cm³/mol. The molecular weight excluding hydrogens is 677 g/mol. The van der Waals surface area contributed by atoms with Crippen LogP contribution in [0.1, 0.15) is 0 Å². The average molecular weight is 705 g/mol. The van der Waals surface area contributed by atoms with Gasteiger partial charge in [-0.15, -0.1) is 0 Å². The van der Waals surface area contributed by atoms with Gasteiger partial charge in [-0.25, -0.2) is 9.97 Å². The van der Waals surface area contributed by atoms with Crippen molar-refractivity contribution in [1.82, 2.24) is 19.5 Å². The molecule has 0 bridgehead atoms. The Morgan fingerprint density at radius 1 is 0.436 bits per heavy atom. The normalized spacial score (nSPS) is 12.0. The van der Waals surface area contributed by atoms with Gasteiger partial charge >= 0.3 is 0 Å². The zero-order valence-electron chi connectivity index (χ0n) is 29.3. The highest BCUT2D eigenvalue weighted by Gasteiger charge is 2.23. The fourth-order valence-electron chi connectivity index (χ4n) is 8.41. The van der Waals surface area contributed by atoms with Crippen LogP contribution in [0.2, 0.25) is 0 Å². The van der Waals surface area contributed by atoms with Gasteiger partial charge in [-0.2, -0.15) is 0 Å². The molecule has 0 fully saturated rings. The molecule has 5 aromatic heterocycles. The molecule has 6 heteroatoms. The van der Waals surface area contributed by atoms with Crippen LogP contribution < -0.4 is 0 Å². The molecule has 5 heterocycles. The third-order valence-electron chi connectivity index (χ3n) is 10.9. The van der Waals surface area contributed by atoms with Gasteiger partial charge < -0.3 is 13.4 Å². The molecular formula is C49H28N4O2. The first kappa shape index (κ1) is 29.9. The largest absolute Gasteiger partial charge is 0.456 e. The first-order valence-electron chi connectivity index (χ1n) is 18.3. The molecule has 0 saturated carbocycles. The summed E-state index contributed by atoms with van der Waals surface area (Å²) in [6.07, 6.45) is 3.56. The highest BCUT2D eigenvalue weighted by Crippen LogP contribution is 2.45. The number of hydrogen-bond donors (Lipinski definition) is 0. The van der Waals surface area contributed by atoms with Crippen molar-refractivity contribution in [2.24, 2.45) is 0 Å². The minimum absolute atomic E-state index is 0.614. The number of nitrogens with zero attached hydrogens (tertiary/aromatic N) is 4. The Balaban J connectivity index is 1.15. The van der Waals surface area contributed by atoms with Crippen LogP contribution in [0.15, 0.2) is 179 Å². The minimum Gasteiger partial charge on any atom is -0.456 e. The van der Waals surface area contributed by atoms with Crippen LogP contribution in [-0.2, 0) is 0 Å². The molecule has 0 N–H and O–H groups in total. The van der Waals surface area contributed by atoms with E-state index in [2.05, 4.69) is 137 Å². The fourth-order valence-corrected chi connectivity index (χ4v) is 8.41. The molecule has 55 heavy (non-hydrogen) atoms. The molecule has 0 spiro atoms. The van der Waals surface area contributed by atoms with Gasteiger partial charge in [0.2, 0.25) is 0 Å². The molecule has 0 unspecified atom stereocenters. The summed E-state index contributed by atoms with van der Waals surface area (Å²) in [6, 6.07) is 55.0. The van der Waals surface area contributed by atoms with E-state index in [1.54, 1.807) is 12.4 Å². The number of rotatable bonds is 4. The lowest BCUT2D eigenvalue weighted by Gasteiger charge is -2.09. The lowest BCUT2D eigenvalue weighted by Crippen LogP contribution is -1.94. The zero-order chi connectivity index (χ0) is 36.0. The first-order chi connectivity index (χ1) is 27.3. The second-order valence-corrected chi connectivity index (χ2v) is 14.0. The van der Waals surface area contributed by atoms with E-state index in [0.717, 1.165) is 88.3 Å². The standard InChI is InChI=1S/C49H28N4O2/c1-2-10-29(11-3-1)30-20-24-42-38(26-30)33-12-4-6-16-41(33)53(42)43-17-8-14-36-46-37(49-51-28-40-39(52-49)15-9-25-50-40)23-22-32(48(46)55-47(36)43)31-19-21-35-34-13-5-7-18-44(34)54-45(35)27-31/h1-28H. The Labute approximate surface area is 313 Å².